The van der Waals surface area contributed by atoms with E-state index in [-0.39, 0.29) is 0 Å². The van der Waals surface area contributed by atoms with Crippen LogP contribution in [-0.4, -0.2) is 21.4 Å². The smallest absolute Gasteiger partial charge is 0.131 e. The molecule has 3 heterocycles. The third-order valence-corrected chi connectivity index (χ3v) is 5.73. The van der Waals surface area contributed by atoms with E-state index in [9.17, 15) is 0 Å². The molecule has 1 fully saturated rings. The van der Waals surface area contributed by atoms with Crippen molar-refractivity contribution in [3.05, 3.63) is 45.7 Å². The van der Waals surface area contributed by atoms with Crippen molar-refractivity contribution in [1.29, 1.82) is 0 Å². The van der Waals surface area contributed by atoms with E-state index in [0.717, 1.165) is 31.9 Å². The van der Waals surface area contributed by atoms with E-state index in [1.165, 1.54) is 48.9 Å². The zero-order chi connectivity index (χ0) is 14.8. The molecule has 0 spiro atoms. The van der Waals surface area contributed by atoms with Crippen LogP contribution >= 0.6 is 11.3 Å². The Labute approximate surface area is 136 Å². The summed E-state index contributed by atoms with van der Waals surface area (Å²) >= 11 is 1.78. The summed E-state index contributed by atoms with van der Waals surface area (Å²) in [4.78, 5) is 12.2. The van der Waals surface area contributed by atoms with Crippen LogP contribution in [0.4, 0.5) is 0 Å². The highest BCUT2D eigenvalue weighted by molar-refractivity contribution is 7.07. The molecule has 4 rings (SSSR count). The van der Waals surface area contributed by atoms with Gasteiger partial charge in [-0.25, -0.2) is 9.97 Å². The SMILES string of the molecule is c1cc(CN2CCc3cnc(C4CCCCC4)nc3C2)cs1. The van der Waals surface area contributed by atoms with Gasteiger partial charge >= 0.3 is 0 Å². The minimum Gasteiger partial charge on any atom is -0.293 e. The normalized spacial score (nSPS) is 20.0. The molecule has 3 nitrogen and oxygen atoms in total. The third kappa shape index (κ3) is 3.08. The van der Waals surface area contributed by atoms with Gasteiger partial charge in [-0.3, -0.25) is 4.90 Å². The summed E-state index contributed by atoms with van der Waals surface area (Å²) in [5, 5.41) is 4.42. The second-order valence-electron chi connectivity index (χ2n) is 6.63. The first kappa shape index (κ1) is 14.3. The fourth-order valence-corrected chi connectivity index (χ4v) is 4.37. The molecule has 0 saturated heterocycles. The summed E-state index contributed by atoms with van der Waals surface area (Å²) < 4.78 is 0. The van der Waals surface area contributed by atoms with Crippen LogP contribution < -0.4 is 0 Å². The lowest BCUT2D eigenvalue weighted by atomic mass is 9.88. The quantitative estimate of drug-likeness (QED) is 0.852. The van der Waals surface area contributed by atoms with Gasteiger partial charge in [0.25, 0.3) is 0 Å². The zero-order valence-electron chi connectivity index (χ0n) is 13.0. The van der Waals surface area contributed by atoms with Crippen molar-refractivity contribution in [1.82, 2.24) is 14.9 Å². The summed E-state index contributed by atoms with van der Waals surface area (Å²) in [5.41, 5.74) is 4.06. The Bertz CT molecular complexity index is 617. The highest BCUT2D eigenvalue weighted by Gasteiger charge is 2.22. The third-order valence-electron chi connectivity index (χ3n) is 5.00. The minimum atomic E-state index is 0.603. The maximum absolute atomic E-state index is 4.97. The first-order chi connectivity index (χ1) is 10.9. The van der Waals surface area contributed by atoms with E-state index in [2.05, 4.69) is 32.9 Å². The molecule has 1 aliphatic carbocycles. The summed E-state index contributed by atoms with van der Waals surface area (Å²) in [5.74, 6) is 1.71. The van der Waals surface area contributed by atoms with Gasteiger partial charge in [0.1, 0.15) is 5.82 Å². The van der Waals surface area contributed by atoms with Crippen LogP contribution in [0.25, 0.3) is 0 Å². The fraction of sp³-hybridized carbons (Fsp3) is 0.556. The Morgan fingerprint density at radius 2 is 2.14 bits per heavy atom. The molecule has 2 aromatic rings. The number of aromatic nitrogens is 2. The Morgan fingerprint density at radius 3 is 2.95 bits per heavy atom. The molecule has 0 unspecified atom stereocenters. The average Bonchev–Trinajstić information content (AvgIpc) is 3.08. The number of thiophene rings is 1. The van der Waals surface area contributed by atoms with Crippen LogP contribution in [0, 0.1) is 0 Å². The summed E-state index contributed by atoms with van der Waals surface area (Å²) in [6, 6.07) is 2.23. The number of rotatable bonds is 3. The number of hydrogen-bond donors (Lipinski definition) is 0. The lowest BCUT2D eigenvalue weighted by molar-refractivity contribution is 0.240. The maximum atomic E-state index is 4.97. The van der Waals surface area contributed by atoms with E-state index in [4.69, 9.17) is 4.98 Å². The van der Waals surface area contributed by atoms with Crippen molar-refractivity contribution >= 4 is 11.3 Å². The molecule has 0 radical (unpaired) electrons. The molecular formula is C18H23N3S. The summed E-state index contributed by atoms with van der Waals surface area (Å²) in [6.45, 7) is 3.15. The molecule has 2 aromatic heterocycles. The van der Waals surface area contributed by atoms with Crippen LogP contribution in [0.15, 0.2) is 23.0 Å². The van der Waals surface area contributed by atoms with Crippen molar-refractivity contribution in [3.8, 4) is 0 Å². The highest BCUT2D eigenvalue weighted by atomic mass is 32.1. The summed E-state index contributed by atoms with van der Waals surface area (Å²) in [7, 11) is 0. The maximum Gasteiger partial charge on any atom is 0.131 e. The van der Waals surface area contributed by atoms with Gasteiger partial charge in [0.15, 0.2) is 0 Å². The first-order valence-electron chi connectivity index (χ1n) is 8.46. The van der Waals surface area contributed by atoms with E-state index in [1.54, 1.807) is 11.3 Å². The predicted molar refractivity (Wildman–Crippen MR) is 90.0 cm³/mol. The fourth-order valence-electron chi connectivity index (χ4n) is 3.71. The first-order valence-corrected chi connectivity index (χ1v) is 9.41. The van der Waals surface area contributed by atoms with E-state index < -0.39 is 0 Å². The van der Waals surface area contributed by atoms with Gasteiger partial charge in [-0.05, 0) is 47.2 Å². The molecule has 4 heteroatoms. The van der Waals surface area contributed by atoms with Gasteiger partial charge in [-0.1, -0.05) is 19.3 Å². The Kier molecular flexibility index (Phi) is 4.22. The van der Waals surface area contributed by atoms with Gasteiger partial charge < -0.3 is 0 Å². The molecule has 0 bridgehead atoms. The largest absolute Gasteiger partial charge is 0.293 e. The minimum absolute atomic E-state index is 0.603. The van der Waals surface area contributed by atoms with Gasteiger partial charge in [-0.15, -0.1) is 0 Å². The molecule has 0 aromatic carbocycles. The van der Waals surface area contributed by atoms with Gasteiger partial charge in [0.2, 0.25) is 0 Å². The van der Waals surface area contributed by atoms with Crippen molar-refractivity contribution in [2.45, 2.75) is 57.5 Å². The van der Waals surface area contributed by atoms with Crippen LogP contribution in [0.1, 0.15) is 60.7 Å². The number of nitrogens with zero attached hydrogens (tertiary/aromatic N) is 3. The second kappa shape index (κ2) is 6.47. The summed E-state index contributed by atoms with van der Waals surface area (Å²) in [6.07, 6.45) is 9.81. The van der Waals surface area contributed by atoms with Gasteiger partial charge in [0.05, 0.1) is 5.69 Å². The van der Waals surface area contributed by atoms with Crippen molar-refractivity contribution in [2.24, 2.45) is 0 Å². The van der Waals surface area contributed by atoms with Crippen LogP contribution in [-0.2, 0) is 19.5 Å². The van der Waals surface area contributed by atoms with Crippen LogP contribution in [0.2, 0.25) is 0 Å². The van der Waals surface area contributed by atoms with Crippen molar-refractivity contribution in [2.75, 3.05) is 6.54 Å². The van der Waals surface area contributed by atoms with Crippen LogP contribution in [0.3, 0.4) is 0 Å². The highest BCUT2D eigenvalue weighted by Crippen LogP contribution is 2.31. The van der Waals surface area contributed by atoms with Gasteiger partial charge in [0, 0.05) is 31.7 Å². The number of fused-ring (bicyclic) bond motifs is 1. The molecule has 116 valence electrons. The number of hydrogen-bond acceptors (Lipinski definition) is 4. The predicted octanol–water partition coefficient (Wildman–Crippen LogP) is 4.14. The molecule has 22 heavy (non-hydrogen) atoms. The second-order valence-corrected chi connectivity index (χ2v) is 7.41. The Balaban J connectivity index is 1.49. The Hall–Kier alpha value is -1.26. The lowest BCUT2D eigenvalue weighted by Gasteiger charge is -2.28. The van der Waals surface area contributed by atoms with E-state index in [0.29, 0.717) is 5.92 Å². The van der Waals surface area contributed by atoms with Crippen LogP contribution in [0.5, 0.6) is 0 Å². The van der Waals surface area contributed by atoms with Crippen molar-refractivity contribution in [3.63, 3.8) is 0 Å². The zero-order valence-corrected chi connectivity index (χ0v) is 13.8. The van der Waals surface area contributed by atoms with E-state index in [1.807, 2.05) is 0 Å². The molecule has 0 atom stereocenters. The molecule has 1 saturated carbocycles. The molecule has 1 aliphatic heterocycles. The molecule has 2 aliphatic rings. The Morgan fingerprint density at radius 1 is 1.23 bits per heavy atom. The molecule has 0 amide bonds. The van der Waals surface area contributed by atoms with Gasteiger partial charge in [-0.2, -0.15) is 11.3 Å². The monoisotopic (exact) mass is 313 g/mol. The average molecular weight is 313 g/mol. The lowest BCUT2D eigenvalue weighted by Crippen LogP contribution is -2.31. The topological polar surface area (TPSA) is 29.0 Å². The van der Waals surface area contributed by atoms with E-state index >= 15 is 0 Å². The molecular weight excluding hydrogens is 290 g/mol. The standard InChI is InChI=1S/C18H23N3S/c1-2-4-15(5-3-1)18-19-10-16-6-8-21(12-17(16)20-18)11-14-7-9-22-13-14/h7,9-10,13,15H,1-6,8,11-12H2. The van der Waals surface area contributed by atoms with Crippen molar-refractivity contribution < 1.29 is 0 Å². The molecule has 0 N–H and O–H groups in total.